The summed E-state index contributed by atoms with van der Waals surface area (Å²) in [5, 5.41) is 6.74. The zero-order valence-electron chi connectivity index (χ0n) is 19.1. The van der Waals surface area contributed by atoms with Gasteiger partial charge in [0.05, 0.1) is 24.2 Å². The second-order valence-corrected chi connectivity index (χ2v) is 7.13. The van der Waals surface area contributed by atoms with Crippen LogP contribution in [0.4, 0.5) is 0 Å². The van der Waals surface area contributed by atoms with Crippen LogP contribution in [0.3, 0.4) is 0 Å². The fourth-order valence-electron chi connectivity index (χ4n) is 3.38. The maximum absolute atomic E-state index is 5.71. The van der Waals surface area contributed by atoms with Gasteiger partial charge in [0.15, 0.2) is 17.5 Å². The van der Waals surface area contributed by atoms with Crippen molar-refractivity contribution in [3.8, 4) is 11.5 Å². The van der Waals surface area contributed by atoms with E-state index in [2.05, 4.69) is 43.8 Å². The molecular weight excluding hydrogens is 517 g/mol. The van der Waals surface area contributed by atoms with E-state index < -0.39 is 0 Å². The standard InChI is InChI=1S/C24H33N5O2.HI/c1-4-30-21-13-12-18(17-22(21)31-5-2)14-16-27-24(25-3)26-15-8-11-23-28-19-9-6-7-10-20(19)29-23;/h6-7,9-10,12-13,17H,4-5,8,11,14-16H2,1-3H3,(H,28,29)(H2,25,26,27);1H. The number of imidazole rings is 1. The first-order valence-corrected chi connectivity index (χ1v) is 11.0. The summed E-state index contributed by atoms with van der Waals surface area (Å²) in [5.74, 6) is 3.42. The number of aromatic amines is 1. The lowest BCUT2D eigenvalue weighted by molar-refractivity contribution is 0.287. The quantitative estimate of drug-likeness (QED) is 0.143. The van der Waals surface area contributed by atoms with Gasteiger partial charge in [-0.15, -0.1) is 24.0 Å². The van der Waals surface area contributed by atoms with E-state index in [9.17, 15) is 0 Å². The molecule has 0 amide bonds. The molecule has 0 saturated heterocycles. The van der Waals surface area contributed by atoms with Crippen LogP contribution >= 0.6 is 24.0 Å². The lowest BCUT2D eigenvalue weighted by Crippen LogP contribution is -2.38. The molecule has 3 aromatic rings. The molecule has 1 heterocycles. The molecule has 8 heteroatoms. The highest BCUT2D eigenvalue weighted by Crippen LogP contribution is 2.28. The summed E-state index contributed by atoms with van der Waals surface area (Å²) in [6.45, 7) is 6.80. The minimum absolute atomic E-state index is 0. The molecule has 0 spiro atoms. The van der Waals surface area contributed by atoms with Gasteiger partial charge in [-0.25, -0.2) is 4.98 Å². The average molecular weight is 551 g/mol. The lowest BCUT2D eigenvalue weighted by atomic mass is 10.1. The monoisotopic (exact) mass is 551 g/mol. The van der Waals surface area contributed by atoms with Crippen molar-refractivity contribution in [2.24, 2.45) is 4.99 Å². The Balaban J connectivity index is 0.00000363. The van der Waals surface area contributed by atoms with Crippen LogP contribution in [0.1, 0.15) is 31.7 Å². The smallest absolute Gasteiger partial charge is 0.190 e. The first-order chi connectivity index (χ1) is 15.2. The molecule has 7 nitrogen and oxygen atoms in total. The first kappa shape index (κ1) is 25.8. The van der Waals surface area contributed by atoms with Gasteiger partial charge in [-0.3, -0.25) is 4.99 Å². The molecule has 32 heavy (non-hydrogen) atoms. The van der Waals surface area contributed by atoms with E-state index in [1.54, 1.807) is 7.05 Å². The zero-order chi connectivity index (χ0) is 21.9. The minimum atomic E-state index is 0. The van der Waals surface area contributed by atoms with Gasteiger partial charge in [-0.1, -0.05) is 18.2 Å². The number of H-pyrrole nitrogens is 1. The van der Waals surface area contributed by atoms with E-state index in [1.807, 2.05) is 38.1 Å². The number of aliphatic imine (C=N–C) groups is 1. The Kier molecular flexibility index (Phi) is 11.1. The third kappa shape index (κ3) is 7.58. The number of benzene rings is 2. The van der Waals surface area contributed by atoms with E-state index >= 15 is 0 Å². The van der Waals surface area contributed by atoms with Crippen molar-refractivity contribution in [1.29, 1.82) is 0 Å². The molecule has 0 saturated carbocycles. The molecule has 0 radical (unpaired) electrons. The van der Waals surface area contributed by atoms with Crippen LogP contribution in [-0.4, -0.2) is 49.3 Å². The Bertz CT molecular complexity index is 956. The zero-order valence-corrected chi connectivity index (χ0v) is 21.4. The third-order valence-corrected chi connectivity index (χ3v) is 4.86. The largest absolute Gasteiger partial charge is 0.490 e. The summed E-state index contributed by atoms with van der Waals surface area (Å²) in [4.78, 5) is 12.3. The predicted octanol–water partition coefficient (Wildman–Crippen LogP) is 4.32. The number of para-hydroxylation sites is 2. The second-order valence-electron chi connectivity index (χ2n) is 7.13. The number of fused-ring (bicyclic) bond motifs is 1. The number of guanidine groups is 1. The molecule has 3 rings (SSSR count). The normalized spacial score (nSPS) is 11.2. The molecule has 0 fully saturated rings. The highest BCUT2D eigenvalue weighted by Gasteiger charge is 2.07. The first-order valence-electron chi connectivity index (χ1n) is 11.0. The predicted molar refractivity (Wildman–Crippen MR) is 142 cm³/mol. The molecule has 0 unspecified atom stereocenters. The summed E-state index contributed by atoms with van der Waals surface area (Å²) in [5.41, 5.74) is 3.30. The van der Waals surface area contributed by atoms with E-state index in [1.165, 1.54) is 5.56 Å². The molecule has 174 valence electrons. The summed E-state index contributed by atoms with van der Waals surface area (Å²) >= 11 is 0. The number of rotatable bonds is 11. The molecule has 2 aromatic carbocycles. The van der Waals surface area contributed by atoms with Crippen LogP contribution in [0.5, 0.6) is 11.5 Å². The molecule has 3 N–H and O–H groups in total. The number of ether oxygens (including phenoxy) is 2. The van der Waals surface area contributed by atoms with Crippen LogP contribution < -0.4 is 20.1 Å². The summed E-state index contributed by atoms with van der Waals surface area (Å²) in [7, 11) is 1.79. The fourth-order valence-corrected chi connectivity index (χ4v) is 3.38. The third-order valence-electron chi connectivity index (χ3n) is 4.86. The number of aryl methyl sites for hydroxylation is 1. The van der Waals surface area contributed by atoms with E-state index in [0.29, 0.717) is 13.2 Å². The molecule has 1 aromatic heterocycles. The number of aromatic nitrogens is 2. The van der Waals surface area contributed by atoms with Crippen molar-refractivity contribution in [1.82, 2.24) is 20.6 Å². The highest BCUT2D eigenvalue weighted by molar-refractivity contribution is 14.0. The molecular formula is C24H34IN5O2. The van der Waals surface area contributed by atoms with Crippen molar-refractivity contribution in [3.05, 3.63) is 53.9 Å². The van der Waals surface area contributed by atoms with E-state index in [4.69, 9.17) is 9.47 Å². The minimum Gasteiger partial charge on any atom is -0.490 e. The molecule has 0 aliphatic rings. The maximum Gasteiger partial charge on any atom is 0.190 e. The number of nitrogens with zero attached hydrogens (tertiary/aromatic N) is 2. The number of halogens is 1. The van der Waals surface area contributed by atoms with E-state index in [-0.39, 0.29) is 24.0 Å². The van der Waals surface area contributed by atoms with Crippen LogP contribution in [-0.2, 0) is 12.8 Å². The Labute approximate surface area is 207 Å². The molecule has 0 atom stereocenters. The highest BCUT2D eigenvalue weighted by atomic mass is 127. The number of nitrogens with one attached hydrogen (secondary N) is 3. The Morgan fingerprint density at radius 1 is 0.969 bits per heavy atom. The molecule has 0 aliphatic carbocycles. The van der Waals surface area contributed by atoms with Crippen molar-refractivity contribution in [3.63, 3.8) is 0 Å². The van der Waals surface area contributed by atoms with Gasteiger partial charge in [-0.05, 0) is 56.5 Å². The number of hydrogen-bond donors (Lipinski definition) is 3. The van der Waals surface area contributed by atoms with Gasteiger partial charge in [0.25, 0.3) is 0 Å². The molecule has 0 bridgehead atoms. The van der Waals surface area contributed by atoms with Crippen LogP contribution in [0.15, 0.2) is 47.5 Å². The molecule has 0 aliphatic heterocycles. The van der Waals surface area contributed by atoms with Crippen molar-refractivity contribution >= 4 is 41.0 Å². The average Bonchev–Trinajstić information content (AvgIpc) is 3.20. The van der Waals surface area contributed by atoms with Gasteiger partial charge in [-0.2, -0.15) is 0 Å². The van der Waals surface area contributed by atoms with Crippen molar-refractivity contribution in [2.75, 3.05) is 33.4 Å². The van der Waals surface area contributed by atoms with E-state index in [0.717, 1.165) is 66.7 Å². The Hall–Kier alpha value is -2.49. The number of hydrogen-bond acceptors (Lipinski definition) is 4. The van der Waals surface area contributed by atoms with Gasteiger partial charge < -0.3 is 25.1 Å². The fraction of sp³-hybridized carbons (Fsp3) is 0.417. The summed E-state index contributed by atoms with van der Waals surface area (Å²) < 4.78 is 11.3. The maximum atomic E-state index is 5.71. The topological polar surface area (TPSA) is 83.6 Å². The Morgan fingerprint density at radius 3 is 2.47 bits per heavy atom. The van der Waals surface area contributed by atoms with Crippen molar-refractivity contribution in [2.45, 2.75) is 33.1 Å². The lowest BCUT2D eigenvalue weighted by Gasteiger charge is -2.14. The Morgan fingerprint density at radius 2 is 1.72 bits per heavy atom. The SMILES string of the molecule is CCOc1ccc(CCNC(=NC)NCCCc2nc3ccccc3[nH]2)cc1OCC.I. The summed E-state index contributed by atoms with van der Waals surface area (Å²) in [6, 6.07) is 14.2. The van der Waals surface area contributed by atoms with Gasteiger partial charge in [0, 0.05) is 26.6 Å². The van der Waals surface area contributed by atoms with Gasteiger partial charge >= 0.3 is 0 Å². The second kappa shape index (κ2) is 13.8. The van der Waals surface area contributed by atoms with Gasteiger partial charge in [0.1, 0.15) is 5.82 Å². The van der Waals surface area contributed by atoms with Crippen LogP contribution in [0.2, 0.25) is 0 Å². The van der Waals surface area contributed by atoms with Gasteiger partial charge in [0.2, 0.25) is 0 Å². The van der Waals surface area contributed by atoms with Crippen LogP contribution in [0, 0.1) is 0 Å². The summed E-state index contributed by atoms with van der Waals surface area (Å²) in [6.07, 6.45) is 2.73. The van der Waals surface area contributed by atoms with Crippen molar-refractivity contribution < 1.29 is 9.47 Å². The van der Waals surface area contributed by atoms with Crippen LogP contribution in [0.25, 0.3) is 11.0 Å².